The number of benzene rings is 1. The van der Waals surface area contributed by atoms with E-state index in [-0.39, 0.29) is 28.2 Å². The van der Waals surface area contributed by atoms with E-state index in [0.29, 0.717) is 5.69 Å². The van der Waals surface area contributed by atoms with Gasteiger partial charge in [-0.3, -0.25) is 4.79 Å². The van der Waals surface area contributed by atoms with Crippen molar-refractivity contribution < 1.29 is 14.7 Å². The van der Waals surface area contributed by atoms with E-state index in [4.69, 9.17) is 0 Å². The van der Waals surface area contributed by atoms with Gasteiger partial charge in [0.2, 0.25) is 5.91 Å². The van der Waals surface area contributed by atoms with Crippen LogP contribution in [0.1, 0.15) is 49.2 Å². The lowest BCUT2D eigenvalue weighted by Gasteiger charge is -2.13. The van der Waals surface area contributed by atoms with E-state index in [1.807, 2.05) is 19.9 Å². The van der Waals surface area contributed by atoms with Crippen molar-refractivity contribution in [2.75, 3.05) is 5.32 Å². The van der Waals surface area contributed by atoms with Gasteiger partial charge >= 0.3 is 5.97 Å². The minimum absolute atomic E-state index is 0.0704. The van der Waals surface area contributed by atoms with E-state index in [1.165, 1.54) is 0 Å². The Morgan fingerprint density at radius 3 is 2.05 bits per heavy atom. The summed E-state index contributed by atoms with van der Waals surface area (Å²) in [6, 6.07) is 3.47. The van der Waals surface area contributed by atoms with Crippen molar-refractivity contribution in [1.82, 2.24) is 0 Å². The van der Waals surface area contributed by atoms with Gasteiger partial charge in [0.25, 0.3) is 0 Å². The Labute approximate surface area is 125 Å². The summed E-state index contributed by atoms with van der Waals surface area (Å²) in [4.78, 5) is 23.9. The molecule has 0 aromatic heterocycles. The predicted octanol–water partition coefficient (Wildman–Crippen LogP) is 3.62. The van der Waals surface area contributed by atoms with Crippen molar-refractivity contribution >= 4 is 17.6 Å². The Morgan fingerprint density at radius 1 is 1.10 bits per heavy atom. The summed E-state index contributed by atoms with van der Waals surface area (Å²) in [7, 11) is 0. The first kappa shape index (κ1) is 15.5. The van der Waals surface area contributed by atoms with E-state index >= 15 is 0 Å². The van der Waals surface area contributed by atoms with Crippen LogP contribution in [-0.4, -0.2) is 17.0 Å². The fourth-order valence-electron chi connectivity index (χ4n) is 3.35. The second-order valence-corrected chi connectivity index (χ2v) is 7.18. The normalized spacial score (nSPS) is 19.1. The molecule has 1 aliphatic rings. The number of aryl methyl sites for hydroxylation is 2. The van der Waals surface area contributed by atoms with Gasteiger partial charge in [0, 0.05) is 5.92 Å². The van der Waals surface area contributed by atoms with Crippen LogP contribution < -0.4 is 5.32 Å². The number of rotatable bonds is 3. The van der Waals surface area contributed by atoms with Crippen LogP contribution >= 0.6 is 0 Å². The fourth-order valence-corrected chi connectivity index (χ4v) is 3.35. The molecule has 0 unspecified atom stereocenters. The number of carboxylic acids is 1. The summed E-state index contributed by atoms with van der Waals surface area (Å²) in [6.07, 6.45) is 0. The van der Waals surface area contributed by atoms with Gasteiger partial charge in [0.1, 0.15) is 0 Å². The first-order valence-electron chi connectivity index (χ1n) is 7.15. The summed E-state index contributed by atoms with van der Waals surface area (Å²) in [5.74, 6) is -1.22. The number of carbonyl (C=O) groups is 2. The third-order valence-electron chi connectivity index (χ3n) is 5.24. The highest BCUT2D eigenvalue weighted by Gasteiger charge is 2.68. The summed E-state index contributed by atoms with van der Waals surface area (Å²) in [5, 5.41) is 12.2. The highest BCUT2D eigenvalue weighted by molar-refractivity contribution is 6.03. The molecule has 1 aromatic carbocycles. The second kappa shape index (κ2) is 4.58. The molecule has 0 radical (unpaired) electrons. The van der Waals surface area contributed by atoms with Crippen molar-refractivity contribution in [2.45, 2.75) is 41.5 Å². The minimum atomic E-state index is -1.02. The molecular formula is C17H23NO3. The van der Waals surface area contributed by atoms with Crippen LogP contribution in [-0.2, 0) is 4.79 Å². The standard InChI is InChI=1S/C17H23NO3/c1-9-7-10(2)12(11(8-9)15(20)21)18-14(19)13-16(3,4)17(13,5)6/h7-8,13H,1-6H3,(H,18,19)(H,20,21). The molecule has 114 valence electrons. The fraction of sp³-hybridized carbons (Fsp3) is 0.529. The Bertz CT molecular complexity index is 615. The quantitative estimate of drug-likeness (QED) is 0.893. The molecule has 0 saturated heterocycles. The zero-order chi connectivity index (χ0) is 16.2. The van der Waals surface area contributed by atoms with Crippen LogP contribution in [0.4, 0.5) is 5.69 Å². The van der Waals surface area contributed by atoms with Gasteiger partial charge in [0.05, 0.1) is 11.3 Å². The average molecular weight is 289 g/mol. The maximum absolute atomic E-state index is 12.5. The van der Waals surface area contributed by atoms with E-state index < -0.39 is 5.97 Å². The monoisotopic (exact) mass is 289 g/mol. The van der Waals surface area contributed by atoms with Gasteiger partial charge < -0.3 is 10.4 Å². The molecule has 0 aliphatic heterocycles. The van der Waals surface area contributed by atoms with E-state index in [2.05, 4.69) is 33.0 Å². The molecule has 0 heterocycles. The number of carbonyl (C=O) groups excluding carboxylic acids is 1. The van der Waals surface area contributed by atoms with Crippen LogP contribution in [0, 0.1) is 30.6 Å². The SMILES string of the molecule is Cc1cc(C)c(NC(=O)C2C(C)(C)C2(C)C)c(C(=O)O)c1. The highest BCUT2D eigenvalue weighted by Crippen LogP contribution is 2.68. The zero-order valence-corrected chi connectivity index (χ0v) is 13.5. The molecule has 4 heteroatoms. The molecule has 2 N–H and O–H groups in total. The third kappa shape index (κ3) is 2.33. The largest absolute Gasteiger partial charge is 0.478 e. The molecule has 1 saturated carbocycles. The molecule has 4 nitrogen and oxygen atoms in total. The Hall–Kier alpha value is -1.84. The summed E-state index contributed by atoms with van der Waals surface area (Å²) >= 11 is 0. The first-order valence-corrected chi connectivity index (χ1v) is 7.15. The Morgan fingerprint density at radius 2 is 1.62 bits per heavy atom. The molecule has 21 heavy (non-hydrogen) atoms. The summed E-state index contributed by atoms with van der Waals surface area (Å²) in [5.41, 5.74) is 2.07. The molecule has 0 spiro atoms. The van der Waals surface area contributed by atoms with Gasteiger partial charge in [-0.2, -0.15) is 0 Å². The number of hydrogen-bond acceptors (Lipinski definition) is 2. The van der Waals surface area contributed by atoms with Crippen molar-refractivity contribution in [3.05, 3.63) is 28.8 Å². The van der Waals surface area contributed by atoms with Gasteiger partial charge in [-0.05, 0) is 41.9 Å². The van der Waals surface area contributed by atoms with E-state index in [9.17, 15) is 14.7 Å². The Balaban J connectivity index is 2.33. The number of aromatic carboxylic acids is 1. The molecule has 1 amide bonds. The zero-order valence-electron chi connectivity index (χ0n) is 13.5. The molecule has 1 aromatic rings. The van der Waals surface area contributed by atoms with Crippen LogP contribution in [0.2, 0.25) is 0 Å². The van der Waals surface area contributed by atoms with Crippen LogP contribution in [0.15, 0.2) is 12.1 Å². The second-order valence-electron chi connectivity index (χ2n) is 7.18. The topological polar surface area (TPSA) is 66.4 Å². The molecule has 1 fully saturated rings. The van der Waals surface area contributed by atoms with Gasteiger partial charge in [-0.15, -0.1) is 0 Å². The van der Waals surface area contributed by atoms with Gasteiger partial charge in [-0.1, -0.05) is 33.8 Å². The van der Waals surface area contributed by atoms with Crippen molar-refractivity contribution in [2.24, 2.45) is 16.7 Å². The van der Waals surface area contributed by atoms with Crippen molar-refractivity contribution in [3.63, 3.8) is 0 Å². The lowest BCUT2D eigenvalue weighted by Crippen LogP contribution is -2.20. The number of amides is 1. The lowest BCUT2D eigenvalue weighted by molar-refractivity contribution is -0.118. The number of nitrogens with one attached hydrogen (secondary N) is 1. The highest BCUT2D eigenvalue weighted by atomic mass is 16.4. The first-order chi connectivity index (χ1) is 9.50. The number of hydrogen-bond donors (Lipinski definition) is 2. The molecule has 1 aliphatic carbocycles. The summed E-state index contributed by atoms with van der Waals surface area (Å²) < 4.78 is 0. The molecule has 0 bridgehead atoms. The molecule has 2 rings (SSSR count). The van der Waals surface area contributed by atoms with Gasteiger partial charge in [0.15, 0.2) is 0 Å². The average Bonchev–Trinajstić information content (AvgIpc) is 2.72. The van der Waals surface area contributed by atoms with Crippen LogP contribution in [0.5, 0.6) is 0 Å². The Kier molecular flexibility index (Phi) is 3.39. The minimum Gasteiger partial charge on any atom is -0.478 e. The smallest absolute Gasteiger partial charge is 0.337 e. The van der Waals surface area contributed by atoms with Crippen LogP contribution in [0.3, 0.4) is 0 Å². The molecule has 0 atom stereocenters. The predicted molar refractivity (Wildman–Crippen MR) is 82.6 cm³/mol. The number of anilines is 1. The van der Waals surface area contributed by atoms with Crippen LogP contribution in [0.25, 0.3) is 0 Å². The maximum Gasteiger partial charge on any atom is 0.337 e. The van der Waals surface area contributed by atoms with Gasteiger partial charge in [-0.25, -0.2) is 4.79 Å². The number of carboxylic acid groups (broad SMARTS) is 1. The lowest BCUT2D eigenvalue weighted by atomic mass is 10.0. The molecular weight excluding hydrogens is 266 g/mol. The maximum atomic E-state index is 12.5. The van der Waals surface area contributed by atoms with E-state index in [0.717, 1.165) is 11.1 Å². The summed E-state index contributed by atoms with van der Waals surface area (Å²) in [6.45, 7) is 11.9. The van der Waals surface area contributed by atoms with E-state index in [1.54, 1.807) is 6.07 Å². The van der Waals surface area contributed by atoms with Crippen molar-refractivity contribution in [3.8, 4) is 0 Å². The third-order valence-corrected chi connectivity index (χ3v) is 5.24. The van der Waals surface area contributed by atoms with Crippen molar-refractivity contribution in [1.29, 1.82) is 0 Å².